The predicted octanol–water partition coefficient (Wildman–Crippen LogP) is 2.81. The Hall–Kier alpha value is -2.84. The minimum Gasteiger partial charge on any atom is -0.399 e. The molecule has 2 N–H and O–H groups in total. The van der Waals surface area contributed by atoms with Crippen molar-refractivity contribution in [2.75, 3.05) is 17.2 Å². The van der Waals surface area contributed by atoms with Crippen LogP contribution < -0.4 is 16.3 Å². The molecule has 0 saturated heterocycles. The number of nitrogens with two attached hydrogens (primary N) is 1. The summed E-state index contributed by atoms with van der Waals surface area (Å²) in [6.07, 6.45) is 0. The van der Waals surface area contributed by atoms with Crippen LogP contribution in [0.5, 0.6) is 0 Å². The Bertz CT molecular complexity index is 992. The third kappa shape index (κ3) is 3.16. The van der Waals surface area contributed by atoms with Gasteiger partial charge in [-0.2, -0.15) is 4.68 Å². The van der Waals surface area contributed by atoms with Crippen LogP contribution >= 0.6 is 23.2 Å². The van der Waals surface area contributed by atoms with Crippen LogP contribution in [-0.2, 0) is 0 Å². The highest BCUT2D eigenvalue weighted by molar-refractivity contribution is 6.37. The molecule has 1 amide bonds. The summed E-state index contributed by atoms with van der Waals surface area (Å²) in [6.45, 7) is 2.09. The normalized spacial score (nSPS) is 10.7. The summed E-state index contributed by atoms with van der Waals surface area (Å²) in [5.41, 5.74) is 6.19. The number of para-hydroxylation sites is 1. The standard InChI is InChI=1S/C16H14Cl2N6O2/c1-2-22(11-8-6-10(19)7-9-11)15(25)24-16(26)23(20-21-24)14-12(17)4-3-5-13(14)18/h3-9H,2,19H2,1H3. The number of carbonyl (C=O) groups excluding carboxylic acids is 1. The molecule has 0 radical (unpaired) electrons. The molecule has 0 saturated carbocycles. The molecule has 2 aromatic carbocycles. The lowest BCUT2D eigenvalue weighted by molar-refractivity contribution is 0.244. The topological polar surface area (TPSA) is 99.0 Å². The van der Waals surface area contributed by atoms with Crippen LogP contribution in [0.15, 0.2) is 47.3 Å². The molecule has 0 aliphatic heterocycles. The average Bonchev–Trinajstić information content (AvgIpc) is 2.98. The van der Waals surface area contributed by atoms with Gasteiger partial charge in [0.2, 0.25) is 0 Å². The Morgan fingerprint density at radius 1 is 1.12 bits per heavy atom. The van der Waals surface area contributed by atoms with E-state index in [2.05, 4.69) is 10.4 Å². The number of anilines is 2. The maximum atomic E-state index is 12.8. The van der Waals surface area contributed by atoms with Gasteiger partial charge in [0.1, 0.15) is 5.69 Å². The monoisotopic (exact) mass is 392 g/mol. The molecule has 0 unspecified atom stereocenters. The minimum atomic E-state index is -0.779. The minimum absolute atomic E-state index is 0.162. The summed E-state index contributed by atoms with van der Waals surface area (Å²) in [6, 6.07) is 10.8. The van der Waals surface area contributed by atoms with Crippen LogP contribution in [0.4, 0.5) is 16.2 Å². The molecule has 26 heavy (non-hydrogen) atoms. The molecule has 0 aliphatic carbocycles. The second kappa shape index (κ2) is 7.19. The van der Waals surface area contributed by atoms with E-state index in [9.17, 15) is 9.59 Å². The van der Waals surface area contributed by atoms with Crippen molar-refractivity contribution in [3.05, 3.63) is 63.0 Å². The second-order valence-corrected chi connectivity index (χ2v) is 6.09. The molecule has 0 fully saturated rings. The SMILES string of the molecule is CCN(C(=O)n1nnn(-c2c(Cl)cccc2Cl)c1=O)c1ccc(N)cc1. The van der Waals surface area contributed by atoms with Gasteiger partial charge in [0.05, 0.1) is 10.0 Å². The number of carbonyl (C=O) groups is 1. The number of halogens is 2. The summed E-state index contributed by atoms with van der Waals surface area (Å²) in [5.74, 6) is 0. The average molecular weight is 393 g/mol. The van der Waals surface area contributed by atoms with Gasteiger partial charge < -0.3 is 5.73 Å². The van der Waals surface area contributed by atoms with Gasteiger partial charge in [0.25, 0.3) is 0 Å². The molecule has 1 aromatic heterocycles. The van der Waals surface area contributed by atoms with Crippen LogP contribution in [0.2, 0.25) is 10.0 Å². The molecule has 0 bridgehead atoms. The number of hydrogen-bond acceptors (Lipinski definition) is 5. The van der Waals surface area contributed by atoms with Gasteiger partial charge >= 0.3 is 11.7 Å². The summed E-state index contributed by atoms with van der Waals surface area (Å²) in [5, 5.41) is 7.83. The lowest BCUT2D eigenvalue weighted by Crippen LogP contribution is -2.41. The molecule has 0 aliphatic rings. The van der Waals surface area contributed by atoms with Crippen molar-refractivity contribution in [3.8, 4) is 5.69 Å². The summed E-state index contributed by atoms with van der Waals surface area (Å²) < 4.78 is 1.54. The van der Waals surface area contributed by atoms with E-state index in [1.54, 1.807) is 49.4 Å². The highest BCUT2D eigenvalue weighted by Crippen LogP contribution is 2.26. The largest absolute Gasteiger partial charge is 0.399 e. The zero-order chi connectivity index (χ0) is 18.8. The fraction of sp³-hybridized carbons (Fsp3) is 0.125. The smallest absolute Gasteiger partial charge is 0.377 e. The van der Waals surface area contributed by atoms with E-state index in [-0.39, 0.29) is 15.7 Å². The van der Waals surface area contributed by atoms with Crippen molar-refractivity contribution >= 4 is 40.6 Å². The molecule has 0 atom stereocenters. The number of rotatable bonds is 3. The molecule has 3 rings (SSSR count). The first-order chi connectivity index (χ1) is 12.4. The van der Waals surface area contributed by atoms with Crippen molar-refractivity contribution in [1.29, 1.82) is 0 Å². The van der Waals surface area contributed by atoms with E-state index >= 15 is 0 Å². The van der Waals surface area contributed by atoms with E-state index in [0.29, 0.717) is 22.6 Å². The van der Waals surface area contributed by atoms with Gasteiger partial charge in [-0.3, -0.25) is 4.90 Å². The Morgan fingerprint density at radius 3 is 2.31 bits per heavy atom. The highest BCUT2D eigenvalue weighted by Gasteiger charge is 2.23. The number of aromatic nitrogens is 4. The van der Waals surface area contributed by atoms with Gasteiger partial charge in [0, 0.05) is 17.9 Å². The van der Waals surface area contributed by atoms with Crippen molar-refractivity contribution in [3.63, 3.8) is 0 Å². The van der Waals surface area contributed by atoms with E-state index in [1.165, 1.54) is 4.90 Å². The van der Waals surface area contributed by atoms with Gasteiger partial charge in [-0.05, 0) is 53.7 Å². The quantitative estimate of drug-likeness (QED) is 0.545. The van der Waals surface area contributed by atoms with E-state index in [0.717, 1.165) is 4.68 Å². The van der Waals surface area contributed by atoms with Crippen LogP contribution in [-0.4, -0.2) is 32.4 Å². The van der Waals surface area contributed by atoms with Crippen LogP contribution in [0.25, 0.3) is 5.69 Å². The number of nitrogens with zero attached hydrogens (tertiary/aromatic N) is 5. The Balaban J connectivity index is 2.02. The van der Waals surface area contributed by atoms with Gasteiger partial charge in [0.15, 0.2) is 0 Å². The van der Waals surface area contributed by atoms with E-state index in [1.807, 2.05) is 0 Å². The fourth-order valence-electron chi connectivity index (χ4n) is 2.39. The summed E-state index contributed by atoms with van der Waals surface area (Å²) in [7, 11) is 0. The first kappa shape index (κ1) is 18.0. The maximum Gasteiger partial charge on any atom is 0.377 e. The van der Waals surface area contributed by atoms with Crippen molar-refractivity contribution < 1.29 is 4.79 Å². The lowest BCUT2D eigenvalue weighted by Gasteiger charge is -2.19. The van der Waals surface area contributed by atoms with Gasteiger partial charge in [-0.1, -0.05) is 29.3 Å². The molecule has 8 nitrogen and oxygen atoms in total. The number of benzene rings is 2. The highest BCUT2D eigenvalue weighted by atomic mass is 35.5. The third-order valence-electron chi connectivity index (χ3n) is 3.66. The first-order valence-corrected chi connectivity index (χ1v) is 8.36. The van der Waals surface area contributed by atoms with Crippen LogP contribution in [0.1, 0.15) is 6.92 Å². The van der Waals surface area contributed by atoms with E-state index in [4.69, 9.17) is 28.9 Å². The van der Waals surface area contributed by atoms with Crippen molar-refractivity contribution in [2.24, 2.45) is 0 Å². The Labute approximate surface area is 158 Å². The Morgan fingerprint density at radius 2 is 1.73 bits per heavy atom. The first-order valence-electron chi connectivity index (χ1n) is 7.61. The van der Waals surface area contributed by atoms with Crippen molar-refractivity contribution in [2.45, 2.75) is 6.92 Å². The zero-order valence-corrected chi connectivity index (χ0v) is 15.1. The molecular weight excluding hydrogens is 379 g/mol. The number of amides is 1. The summed E-state index contributed by atoms with van der Waals surface area (Å²) >= 11 is 12.2. The third-order valence-corrected chi connectivity index (χ3v) is 4.27. The molecule has 134 valence electrons. The van der Waals surface area contributed by atoms with E-state index < -0.39 is 11.7 Å². The maximum absolute atomic E-state index is 12.8. The Kier molecular flexibility index (Phi) is 4.97. The number of nitrogen functional groups attached to an aromatic ring is 1. The summed E-state index contributed by atoms with van der Waals surface area (Å²) in [4.78, 5) is 26.8. The molecule has 0 spiro atoms. The van der Waals surface area contributed by atoms with Gasteiger partial charge in [-0.15, -0.1) is 4.68 Å². The number of tetrazole rings is 1. The van der Waals surface area contributed by atoms with Crippen LogP contribution in [0.3, 0.4) is 0 Å². The lowest BCUT2D eigenvalue weighted by atomic mass is 10.2. The molecule has 10 heteroatoms. The predicted molar refractivity (Wildman–Crippen MR) is 100 cm³/mol. The molecular formula is C16H14Cl2N6O2. The van der Waals surface area contributed by atoms with Gasteiger partial charge in [-0.25, -0.2) is 9.59 Å². The zero-order valence-electron chi connectivity index (χ0n) is 13.6. The van der Waals surface area contributed by atoms with Crippen LogP contribution in [0, 0.1) is 0 Å². The molecule has 1 heterocycles. The fourth-order valence-corrected chi connectivity index (χ4v) is 2.95. The second-order valence-electron chi connectivity index (χ2n) is 5.27. The number of hydrogen-bond donors (Lipinski definition) is 1. The van der Waals surface area contributed by atoms with Crippen molar-refractivity contribution in [1.82, 2.24) is 19.8 Å². The molecule has 3 aromatic rings.